The van der Waals surface area contributed by atoms with Crippen LogP contribution >= 0.6 is 0 Å². The van der Waals surface area contributed by atoms with Gasteiger partial charge in [0.1, 0.15) is 17.2 Å². The summed E-state index contributed by atoms with van der Waals surface area (Å²) in [4.78, 5) is 34.8. The Morgan fingerprint density at radius 1 is 1.00 bits per heavy atom. The highest BCUT2D eigenvalue weighted by Crippen LogP contribution is 2.15. The van der Waals surface area contributed by atoms with Crippen LogP contribution in [0.1, 0.15) is 53.9 Å². The topological polar surface area (TPSA) is 60.4 Å². The standard InChI is InChI=1S/C13H22O4/c1-6-10(14)9(11(15)7-2)8-12(16)17-13(3,4)5/h9H,6-8H2,1-5H3. The molecule has 0 bridgehead atoms. The number of ketones is 2. The smallest absolute Gasteiger partial charge is 0.307 e. The van der Waals surface area contributed by atoms with Gasteiger partial charge in [-0.05, 0) is 20.8 Å². The average molecular weight is 242 g/mol. The quantitative estimate of drug-likeness (QED) is 0.529. The Morgan fingerprint density at radius 2 is 1.41 bits per heavy atom. The summed E-state index contributed by atoms with van der Waals surface area (Å²) in [5, 5.41) is 0. The zero-order valence-electron chi connectivity index (χ0n) is 11.3. The van der Waals surface area contributed by atoms with Crippen LogP contribution in [-0.2, 0) is 19.1 Å². The van der Waals surface area contributed by atoms with Crippen molar-refractivity contribution in [1.82, 2.24) is 0 Å². The maximum atomic E-state index is 11.6. The van der Waals surface area contributed by atoms with E-state index in [-0.39, 0.29) is 30.8 Å². The van der Waals surface area contributed by atoms with Crippen LogP contribution in [0.25, 0.3) is 0 Å². The predicted octanol–water partition coefficient (Wildman–Crippen LogP) is 2.29. The van der Waals surface area contributed by atoms with Crippen molar-refractivity contribution in [3.05, 3.63) is 0 Å². The number of hydrogen-bond acceptors (Lipinski definition) is 4. The molecule has 0 aliphatic carbocycles. The van der Waals surface area contributed by atoms with Gasteiger partial charge in [0.15, 0.2) is 0 Å². The van der Waals surface area contributed by atoms with Crippen molar-refractivity contribution in [2.24, 2.45) is 5.92 Å². The lowest BCUT2D eigenvalue weighted by Gasteiger charge is -2.21. The van der Waals surface area contributed by atoms with Gasteiger partial charge in [0, 0.05) is 12.8 Å². The monoisotopic (exact) mass is 242 g/mol. The summed E-state index contributed by atoms with van der Waals surface area (Å²) < 4.78 is 5.11. The first-order valence-electron chi connectivity index (χ1n) is 5.98. The molecule has 0 spiro atoms. The van der Waals surface area contributed by atoms with Crippen molar-refractivity contribution in [3.63, 3.8) is 0 Å². The molecule has 0 aliphatic rings. The van der Waals surface area contributed by atoms with Crippen LogP contribution < -0.4 is 0 Å². The van der Waals surface area contributed by atoms with Crippen LogP contribution in [0.15, 0.2) is 0 Å². The molecule has 0 aromatic carbocycles. The second-order valence-electron chi connectivity index (χ2n) is 4.98. The van der Waals surface area contributed by atoms with E-state index in [1.165, 1.54) is 0 Å². The minimum Gasteiger partial charge on any atom is -0.460 e. The first kappa shape index (κ1) is 15.8. The van der Waals surface area contributed by atoms with Crippen LogP contribution in [0.4, 0.5) is 0 Å². The Bertz CT molecular complexity index is 283. The van der Waals surface area contributed by atoms with Gasteiger partial charge in [-0.25, -0.2) is 0 Å². The number of rotatable bonds is 6. The highest BCUT2D eigenvalue weighted by atomic mass is 16.6. The molecule has 0 saturated heterocycles. The van der Waals surface area contributed by atoms with Crippen molar-refractivity contribution < 1.29 is 19.1 Å². The van der Waals surface area contributed by atoms with Gasteiger partial charge in [0.05, 0.1) is 12.3 Å². The fourth-order valence-corrected chi connectivity index (χ4v) is 1.45. The van der Waals surface area contributed by atoms with Gasteiger partial charge < -0.3 is 4.74 Å². The van der Waals surface area contributed by atoms with Gasteiger partial charge in [-0.2, -0.15) is 0 Å². The minimum atomic E-state index is -0.833. The van der Waals surface area contributed by atoms with Crippen molar-refractivity contribution in [3.8, 4) is 0 Å². The highest BCUT2D eigenvalue weighted by molar-refractivity contribution is 6.04. The average Bonchev–Trinajstić information content (AvgIpc) is 2.21. The van der Waals surface area contributed by atoms with E-state index in [2.05, 4.69) is 0 Å². The highest BCUT2D eigenvalue weighted by Gasteiger charge is 2.28. The van der Waals surface area contributed by atoms with Gasteiger partial charge in [-0.1, -0.05) is 13.8 Å². The normalized spacial score (nSPS) is 11.4. The second kappa shape index (κ2) is 6.52. The number of hydrogen-bond donors (Lipinski definition) is 0. The third-order valence-corrected chi connectivity index (χ3v) is 2.27. The molecule has 0 aromatic rings. The summed E-state index contributed by atoms with van der Waals surface area (Å²) in [6, 6.07) is 0. The second-order valence-corrected chi connectivity index (χ2v) is 4.98. The Labute approximate surface area is 103 Å². The number of Topliss-reactive ketones (excluding diaryl/α,β-unsaturated/α-hetero) is 2. The number of esters is 1. The molecule has 0 amide bonds. The summed E-state index contributed by atoms with van der Waals surface area (Å²) in [6.45, 7) is 8.64. The van der Waals surface area contributed by atoms with E-state index in [4.69, 9.17) is 4.74 Å². The van der Waals surface area contributed by atoms with Crippen LogP contribution in [0.2, 0.25) is 0 Å². The Morgan fingerprint density at radius 3 is 1.71 bits per heavy atom. The zero-order valence-corrected chi connectivity index (χ0v) is 11.3. The van der Waals surface area contributed by atoms with E-state index in [1.54, 1.807) is 34.6 Å². The largest absolute Gasteiger partial charge is 0.460 e. The number of carbonyl (C=O) groups excluding carboxylic acids is 3. The zero-order chi connectivity index (χ0) is 13.6. The maximum absolute atomic E-state index is 11.6. The molecular formula is C13H22O4. The Hall–Kier alpha value is -1.19. The lowest BCUT2D eigenvalue weighted by atomic mass is 9.92. The SMILES string of the molecule is CCC(=O)C(CC(=O)OC(C)(C)C)C(=O)CC. The third-order valence-electron chi connectivity index (χ3n) is 2.27. The summed E-state index contributed by atoms with van der Waals surface area (Å²) >= 11 is 0. The molecule has 98 valence electrons. The molecule has 4 heteroatoms. The van der Waals surface area contributed by atoms with Crippen molar-refractivity contribution in [1.29, 1.82) is 0 Å². The van der Waals surface area contributed by atoms with Crippen LogP contribution in [-0.4, -0.2) is 23.1 Å². The first-order chi connectivity index (χ1) is 7.71. The minimum absolute atomic E-state index is 0.142. The Balaban J connectivity index is 4.60. The van der Waals surface area contributed by atoms with Crippen molar-refractivity contribution in [2.45, 2.75) is 59.5 Å². The Kier molecular flexibility index (Phi) is 6.07. The van der Waals surface area contributed by atoms with Gasteiger partial charge in [0.25, 0.3) is 0 Å². The molecule has 0 unspecified atom stereocenters. The van der Waals surface area contributed by atoms with E-state index >= 15 is 0 Å². The molecule has 0 N–H and O–H groups in total. The van der Waals surface area contributed by atoms with Gasteiger partial charge in [0.2, 0.25) is 0 Å². The fourth-order valence-electron chi connectivity index (χ4n) is 1.45. The van der Waals surface area contributed by atoms with E-state index in [1.807, 2.05) is 0 Å². The van der Waals surface area contributed by atoms with E-state index in [0.29, 0.717) is 0 Å². The summed E-state index contributed by atoms with van der Waals surface area (Å²) in [7, 11) is 0. The van der Waals surface area contributed by atoms with Gasteiger partial charge >= 0.3 is 5.97 Å². The lowest BCUT2D eigenvalue weighted by Crippen LogP contribution is -2.30. The predicted molar refractivity (Wildman–Crippen MR) is 64.5 cm³/mol. The third kappa shape index (κ3) is 6.19. The molecule has 0 rings (SSSR count). The molecule has 4 nitrogen and oxygen atoms in total. The maximum Gasteiger partial charge on any atom is 0.307 e. The number of ether oxygens (including phenoxy) is 1. The lowest BCUT2D eigenvalue weighted by molar-refractivity contribution is -0.158. The molecule has 0 aliphatic heterocycles. The van der Waals surface area contributed by atoms with E-state index < -0.39 is 17.5 Å². The van der Waals surface area contributed by atoms with Crippen molar-refractivity contribution in [2.75, 3.05) is 0 Å². The molecule has 0 atom stereocenters. The first-order valence-corrected chi connectivity index (χ1v) is 5.98. The fraction of sp³-hybridized carbons (Fsp3) is 0.769. The molecule has 0 heterocycles. The van der Waals surface area contributed by atoms with Gasteiger partial charge in [-0.3, -0.25) is 14.4 Å². The van der Waals surface area contributed by atoms with Crippen LogP contribution in [0.3, 0.4) is 0 Å². The van der Waals surface area contributed by atoms with Crippen LogP contribution in [0.5, 0.6) is 0 Å². The molecule has 0 radical (unpaired) electrons. The van der Waals surface area contributed by atoms with Gasteiger partial charge in [-0.15, -0.1) is 0 Å². The molecule has 17 heavy (non-hydrogen) atoms. The molecule has 0 aromatic heterocycles. The molecule has 0 saturated carbocycles. The van der Waals surface area contributed by atoms with Crippen LogP contribution in [0, 0.1) is 5.92 Å². The summed E-state index contributed by atoms with van der Waals surface area (Å²) in [5.74, 6) is -1.71. The molecular weight excluding hydrogens is 220 g/mol. The number of carbonyl (C=O) groups is 3. The van der Waals surface area contributed by atoms with Crippen molar-refractivity contribution >= 4 is 17.5 Å². The van der Waals surface area contributed by atoms with E-state index in [9.17, 15) is 14.4 Å². The summed E-state index contributed by atoms with van der Waals surface area (Å²) in [6.07, 6.45) is 0.384. The molecule has 0 fully saturated rings. The summed E-state index contributed by atoms with van der Waals surface area (Å²) in [5.41, 5.74) is -0.591. The van der Waals surface area contributed by atoms with E-state index in [0.717, 1.165) is 0 Å².